The van der Waals surface area contributed by atoms with Crippen molar-refractivity contribution in [3.05, 3.63) is 60.0 Å². The molecular weight excluding hydrogens is 412 g/mol. The highest BCUT2D eigenvalue weighted by molar-refractivity contribution is 7.98. The molecule has 2 heterocycles. The predicted octanol–water partition coefficient (Wildman–Crippen LogP) is 5.50. The van der Waals surface area contributed by atoms with Gasteiger partial charge in [0.2, 0.25) is 11.7 Å². The van der Waals surface area contributed by atoms with E-state index < -0.39 is 6.61 Å². The number of halogens is 2. The van der Waals surface area contributed by atoms with Crippen LogP contribution < -0.4 is 9.47 Å². The summed E-state index contributed by atoms with van der Waals surface area (Å²) >= 11 is 1.49. The van der Waals surface area contributed by atoms with E-state index in [9.17, 15) is 8.78 Å². The molecule has 0 atom stereocenters. The fourth-order valence-corrected chi connectivity index (χ4v) is 3.77. The number of thioether (sulfide) groups is 1. The topological polar surface area (TPSA) is 70.3 Å². The van der Waals surface area contributed by atoms with Gasteiger partial charge in [-0.1, -0.05) is 35.1 Å². The zero-order chi connectivity index (χ0) is 21.1. The SMILES string of the molecule is COc1cc(-c2noc(CSc3cc(C)c4ccccc4n3)n2)ccc1OC(F)F. The molecule has 0 radical (unpaired) electrons. The third-order valence-corrected chi connectivity index (χ3v) is 5.25. The minimum Gasteiger partial charge on any atom is -0.493 e. The van der Waals surface area contributed by atoms with Gasteiger partial charge in [-0.15, -0.1) is 0 Å². The number of ether oxygens (including phenoxy) is 2. The molecule has 0 N–H and O–H groups in total. The molecule has 0 fully saturated rings. The summed E-state index contributed by atoms with van der Waals surface area (Å²) in [5.74, 6) is 1.30. The van der Waals surface area contributed by atoms with Crippen molar-refractivity contribution in [1.82, 2.24) is 15.1 Å². The number of hydrogen-bond donors (Lipinski definition) is 0. The Morgan fingerprint density at radius 2 is 1.90 bits per heavy atom. The van der Waals surface area contributed by atoms with Gasteiger partial charge < -0.3 is 14.0 Å². The molecule has 4 rings (SSSR count). The molecular formula is C21H17F2N3O3S. The Labute approximate surface area is 175 Å². The average Bonchev–Trinajstić information content (AvgIpc) is 3.21. The maximum Gasteiger partial charge on any atom is 0.387 e. The van der Waals surface area contributed by atoms with E-state index in [0.29, 0.717) is 23.0 Å². The molecule has 0 spiro atoms. The lowest BCUT2D eigenvalue weighted by Crippen LogP contribution is -2.03. The standard InChI is InChI=1S/C21H17F2N3O3S/c1-12-9-19(24-15-6-4-3-5-14(12)15)30-11-18-25-20(26-29-18)13-7-8-16(28-21(22)23)17(10-13)27-2/h3-10,21H,11H2,1-2H3. The second kappa shape index (κ2) is 8.66. The van der Waals surface area contributed by atoms with Crippen LogP contribution in [0.3, 0.4) is 0 Å². The summed E-state index contributed by atoms with van der Waals surface area (Å²) in [6.07, 6.45) is 0. The number of alkyl halides is 2. The maximum absolute atomic E-state index is 12.5. The molecule has 0 saturated heterocycles. The second-order valence-corrected chi connectivity index (χ2v) is 7.33. The van der Waals surface area contributed by atoms with Gasteiger partial charge in [-0.2, -0.15) is 13.8 Å². The van der Waals surface area contributed by atoms with Crippen molar-refractivity contribution in [3.8, 4) is 22.9 Å². The van der Waals surface area contributed by atoms with Crippen LogP contribution in [-0.4, -0.2) is 28.8 Å². The lowest BCUT2D eigenvalue weighted by Gasteiger charge is -2.10. The summed E-state index contributed by atoms with van der Waals surface area (Å²) in [4.78, 5) is 9.03. The smallest absolute Gasteiger partial charge is 0.387 e. The van der Waals surface area contributed by atoms with Crippen LogP contribution in [0.2, 0.25) is 0 Å². The van der Waals surface area contributed by atoms with E-state index in [1.807, 2.05) is 37.3 Å². The summed E-state index contributed by atoms with van der Waals surface area (Å²) < 4.78 is 39.8. The van der Waals surface area contributed by atoms with Crippen LogP contribution in [0.4, 0.5) is 8.78 Å². The molecule has 0 saturated carbocycles. The van der Waals surface area contributed by atoms with E-state index in [2.05, 4.69) is 19.9 Å². The van der Waals surface area contributed by atoms with E-state index >= 15 is 0 Å². The van der Waals surface area contributed by atoms with E-state index in [4.69, 9.17) is 9.26 Å². The molecule has 0 amide bonds. The molecule has 4 aromatic rings. The Kier molecular flexibility index (Phi) is 5.80. The number of aromatic nitrogens is 3. The minimum absolute atomic E-state index is 0.0618. The van der Waals surface area contributed by atoms with Crippen molar-refractivity contribution >= 4 is 22.7 Å². The van der Waals surface area contributed by atoms with E-state index in [-0.39, 0.29) is 11.5 Å². The fourth-order valence-electron chi connectivity index (χ4n) is 2.96. The third kappa shape index (κ3) is 4.35. The summed E-state index contributed by atoms with van der Waals surface area (Å²) in [6.45, 7) is -0.890. The zero-order valence-electron chi connectivity index (χ0n) is 16.1. The molecule has 0 unspecified atom stereocenters. The van der Waals surface area contributed by atoms with Gasteiger partial charge in [0.05, 0.1) is 23.4 Å². The molecule has 9 heteroatoms. The predicted molar refractivity (Wildman–Crippen MR) is 109 cm³/mol. The normalized spacial score (nSPS) is 11.2. The van der Waals surface area contributed by atoms with Crippen molar-refractivity contribution in [1.29, 1.82) is 0 Å². The zero-order valence-corrected chi connectivity index (χ0v) is 17.0. The number of para-hydroxylation sites is 1. The number of pyridine rings is 1. The van der Waals surface area contributed by atoms with Gasteiger partial charge in [0.15, 0.2) is 11.5 Å². The molecule has 2 aromatic carbocycles. The van der Waals surface area contributed by atoms with Gasteiger partial charge in [-0.05, 0) is 42.8 Å². The summed E-state index contributed by atoms with van der Waals surface area (Å²) in [5.41, 5.74) is 2.64. The Morgan fingerprint density at radius 3 is 2.70 bits per heavy atom. The first-order valence-corrected chi connectivity index (χ1v) is 9.97. The Morgan fingerprint density at radius 1 is 1.07 bits per heavy atom. The Hall–Kier alpha value is -3.20. The van der Waals surface area contributed by atoms with Crippen LogP contribution in [0.25, 0.3) is 22.3 Å². The second-order valence-electron chi connectivity index (χ2n) is 6.34. The van der Waals surface area contributed by atoms with Gasteiger partial charge in [-0.3, -0.25) is 0 Å². The summed E-state index contributed by atoms with van der Waals surface area (Å²) in [5, 5.41) is 5.95. The van der Waals surface area contributed by atoms with Gasteiger partial charge in [0.25, 0.3) is 0 Å². The number of fused-ring (bicyclic) bond motifs is 1. The van der Waals surface area contributed by atoms with Crippen molar-refractivity contribution in [3.63, 3.8) is 0 Å². The average molecular weight is 429 g/mol. The Bertz CT molecular complexity index is 1180. The van der Waals surface area contributed by atoms with Crippen molar-refractivity contribution in [2.75, 3.05) is 7.11 Å². The van der Waals surface area contributed by atoms with Crippen LogP contribution >= 0.6 is 11.8 Å². The van der Waals surface area contributed by atoms with Crippen LogP contribution in [0.1, 0.15) is 11.5 Å². The number of methoxy groups -OCH3 is 1. The lowest BCUT2D eigenvalue weighted by atomic mass is 10.1. The quantitative estimate of drug-likeness (QED) is 0.360. The fraction of sp³-hybridized carbons (Fsp3) is 0.190. The van der Waals surface area contributed by atoms with E-state index in [0.717, 1.165) is 21.5 Å². The van der Waals surface area contributed by atoms with Gasteiger partial charge in [0, 0.05) is 10.9 Å². The first-order chi connectivity index (χ1) is 14.5. The monoisotopic (exact) mass is 429 g/mol. The molecule has 2 aromatic heterocycles. The highest BCUT2D eigenvalue weighted by Crippen LogP contribution is 2.33. The highest BCUT2D eigenvalue weighted by Gasteiger charge is 2.15. The van der Waals surface area contributed by atoms with Crippen LogP contribution in [0.15, 0.2) is 58.1 Å². The van der Waals surface area contributed by atoms with Crippen molar-refractivity contribution < 1.29 is 22.8 Å². The molecule has 6 nitrogen and oxygen atoms in total. The van der Waals surface area contributed by atoms with Crippen LogP contribution in [-0.2, 0) is 5.75 Å². The van der Waals surface area contributed by atoms with Crippen molar-refractivity contribution in [2.45, 2.75) is 24.3 Å². The number of rotatable bonds is 7. The minimum atomic E-state index is -2.94. The van der Waals surface area contributed by atoms with Gasteiger partial charge in [0.1, 0.15) is 0 Å². The number of aryl methyl sites for hydroxylation is 1. The maximum atomic E-state index is 12.5. The van der Waals surface area contributed by atoms with Crippen molar-refractivity contribution in [2.24, 2.45) is 0 Å². The number of nitrogens with zero attached hydrogens (tertiary/aromatic N) is 3. The Balaban J connectivity index is 1.49. The summed E-state index contributed by atoms with van der Waals surface area (Å²) in [6, 6.07) is 14.5. The largest absolute Gasteiger partial charge is 0.493 e. The van der Waals surface area contributed by atoms with E-state index in [1.54, 1.807) is 6.07 Å². The summed E-state index contributed by atoms with van der Waals surface area (Å²) in [7, 11) is 1.37. The molecule has 154 valence electrons. The lowest BCUT2D eigenvalue weighted by molar-refractivity contribution is -0.0512. The number of hydrogen-bond acceptors (Lipinski definition) is 7. The van der Waals surface area contributed by atoms with E-state index in [1.165, 1.54) is 31.0 Å². The van der Waals surface area contributed by atoms with Gasteiger partial charge in [-0.25, -0.2) is 4.98 Å². The molecule has 0 aliphatic rings. The molecule has 0 aliphatic carbocycles. The molecule has 0 bridgehead atoms. The first-order valence-electron chi connectivity index (χ1n) is 8.98. The molecule has 30 heavy (non-hydrogen) atoms. The first kappa shape index (κ1) is 20.1. The highest BCUT2D eigenvalue weighted by atomic mass is 32.2. The molecule has 0 aliphatic heterocycles. The van der Waals surface area contributed by atoms with Gasteiger partial charge >= 0.3 is 6.61 Å². The van der Waals surface area contributed by atoms with Crippen LogP contribution in [0.5, 0.6) is 11.5 Å². The number of benzene rings is 2. The third-order valence-electron chi connectivity index (χ3n) is 4.35. The van der Waals surface area contributed by atoms with Crippen LogP contribution in [0, 0.1) is 6.92 Å².